The summed E-state index contributed by atoms with van der Waals surface area (Å²) in [6.07, 6.45) is 2.60. The Bertz CT molecular complexity index is 941. The van der Waals surface area contributed by atoms with Crippen molar-refractivity contribution < 1.29 is 9.59 Å². The number of likely N-dealkylation sites (N-methyl/N-ethyl adjacent to an activating group) is 1. The minimum absolute atomic E-state index is 0.0668. The highest BCUT2D eigenvalue weighted by molar-refractivity contribution is 5.90. The van der Waals surface area contributed by atoms with E-state index in [1.165, 1.54) is 11.1 Å². The number of carbonyl (C=O) groups excluding carboxylic acids is 2. The number of carbonyl (C=O) groups is 2. The number of nitrogens with one attached hydrogen (secondary N) is 1. The summed E-state index contributed by atoms with van der Waals surface area (Å²) in [4.78, 5) is 33.2. The minimum atomic E-state index is -0.429. The molecule has 2 aromatic carbocycles. The van der Waals surface area contributed by atoms with E-state index in [1.807, 2.05) is 17.0 Å². The molecule has 182 valence electrons. The summed E-state index contributed by atoms with van der Waals surface area (Å²) >= 11 is 0. The number of amides is 2. The molecule has 0 saturated carbocycles. The van der Waals surface area contributed by atoms with E-state index >= 15 is 0 Å². The number of piperazine rings is 1. The zero-order valence-corrected chi connectivity index (χ0v) is 20.6. The van der Waals surface area contributed by atoms with Gasteiger partial charge in [-0.3, -0.25) is 19.4 Å². The zero-order valence-electron chi connectivity index (χ0n) is 20.6. The molecule has 1 atom stereocenters. The second-order valence-electron chi connectivity index (χ2n) is 9.99. The van der Waals surface area contributed by atoms with Crippen molar-refractivity contribution in [3.63, 3.8) is 0 Å². The minimum Gasteiger partial charge on any atom is -0.357 e. The molecular formula is C28H38N4O2. The monoisotopic (exact) mass is 462 g/mol. The lowest BCUT2D eigenvalue weighted by atomic mass is 9.78. The number of hydrogen-bond donors (Lipinski definition) is 1. The van der Waals surface area contributed by atoms with Gasteiger partial charge in [0.15, 0.2) is 0 Å². The quantitative estimate of drug-likeness (QED) is 0.688. The van der Waals surface area contributed by atoms with Crippen molar-refractivity contribution in [1.29, 1.82) is 0 Å². The highest BCUT2D eigenvalue weighted by atomic mass is 16.2. The molecule has 6 nitrogen and oxygen atoms in total. The predicted molar refractivity (Wildman–Crippen MR) is 135 cm³/mol. The molecule has 0 aromatic heterocycles. The summed E-state index contributed by atoms with van der Waals surface area (Å²) in [5.74, 6) is 0.0750. The van der Waals surface area contributed by atoms with Crippen LogP contribution in [0.4, 0.5) is 0 Å². The Labute approximate surface area is 203 Å². The van der Waals surface area contributed by atoms with Gasteiger partial charge in [0.1, 0.15) is 6.04 Å². The first kappa shape index (κ1) is 24.4. The lowest BCUT2D eigenvalue weighted by Crippen LogP contribution is -2.63. The molecule has 2 aliphatic heterocycles. The summed E-state index contributed by atoms with van der Waals surface area (Å²) < 4.78 is 0. The molecule has 2 amide bonds. The first-order valence-corrected chi connectivity index (χ1v) is 12.5. The first-order chi connectivity index (χ1) is 16.5. The molecular weight excluding hydrogens is 424 g/mol. The fraction of sp³-hybridized carbons (Fsp3) is 0.500. The van der Waals surface area contributed by atoms with E-state index in [0.717, 1.165) is 52.0 Å². The molecule has 2 aliphatic rings. The van der Waals surface area contributed by atoms with Crippen LogP contribution in [-0.4, -0.2) is 78.9 Å². The van der Waals surface area contributed by atoms with Gasteiger partial charge in [0.25, 0.3) is 0 Å². The van der Waals surface area contributed by atoms with Crippen molar-refractivity contribution >= 4 is 11.8 Å². The van der Waals surface area contributed by atoms with Crippen molar-refractivity contribution in [2.75, 3.05) is 46.3 Å². The molecule has 0 aliphatic carbocycles. The Morgan fingerprint density at radius 2 is 1.50 bits per heavy atom. The average molecular weight is 463 g/mol. The topological polar surface area (TPSA) is 55.9 Å². The SMILES string of the molecule is CNC(=O)[C@@H]1CN(CCc2ccccc2)CCN1C(=O)C1(C)CCN(Cc2ccccc2)CC1. The molecule has 0 spiro atoms. The van der Waals surface area contributed by atoms with E-state index in [0.29, 0.717) is 13.1 Å². The number of benzene rings is 2. The summed E-state index contributed by atoms with van der Waals surface area (Å²) in [7, 11) is 1.66. The number of piperidine rings is 1. The molecule has 0 unspecified atom stereocenters. The standard InChI is InChI=1S/C28H38N4O2/c1-28(14-17-31(18-15-28)21-24-11-7-4-8-12-24)27(34)32-20-19-30(22-25(32)26(33)29-2)16-13-23-9-5-3-6-10-23/h3-12,25H,13-22H2,1-2H3,(H,29,33)/t25-/m0/s1. The maximum Gasteiger partial charge on any atom is 0.243 e. The molecule has 0 bridgehead atoms. The van der Waals surface area contributed by atoms with E-state index in [-0.39, 0.29) is 11.8 Å². The highest BCUT2D eigenvalue weighted by Crippen LogP contribution is 2.35. The number of likely N-dealkylation sites (tertiary alicyclic amines) is 1. The summed E-state index contributed by atoms with van der Waals surface area (Å²) in [6, 6.07) is 20.5. The fourth-order valence-corrected chi connectivity index (χ4v) is 5.22. The number of nitrogens with zero attached hydrogens (tertiary/aromatic N) is 3. The van der Waals surface area contributed by atoms with Gasteiger partial charge in [-0.2, -0.15) is 0 Å². The van der Waals surface area contributed by atoms with E-state index < -0.39 is 11.5 Å². The van der Waals surface area contributed by atoms with Crippen LogP contribution in [0.3, 0.4) is 0 Å². The molecule has 6 heteroatoms. The largest absolute Gasteiger partial charge is 0.357 e. The Hall–Kier alpha value is -2.70. The van der Waals surface area contributed by atoms with Crippen molar-refractivity contribution in [1.82, 2.24) is 20.0 Å². The fourth-order valence-electron chi connectivity index (χ4n) is 5.22. The van der Waals surface area contributed by atoms with Crippen LogP contribution in [0, 0.1) is 5.41 Å². The third-order valence-electron chi connectivity index (χ3n) is 7.56. The van der Waals surface area contributed by atoms with Gasteiger partial charge in [-0.25, -0.2) is 0 Å². The summed E-state index contributed by atoms with van der Waals surface area (Å²) in [5, 5.41) is 2.80. The van der Waals surface area contributed by atoms with Crippen molar-refractivity contribution in [3.8, 4) is 0 Å². The lowest BCUT2D eigenvalue weighted by Gasteiger charge is -2.46. The second-order valence-corrected chi connectivity index (χ2v) is 9.99. The van der Waals surface area contributed by atoms with Gasteiger partial charge in [-0.15, -0.1) is 0 Å². The van der Waals surface area contributed by atoms with Crippen LogP contribution in [0.2, 0.25) is 0 Å². The van der Waals surface area contributed by atoms with Gasteiger partial charge in [0, 0.05) is 45.2 Å². The van der Waals surface area contributed by atoms with E-state index in [9.17, 15) is 9.59 Å². The van der Waals surface area contributed by atoms with Gasteiger partial charge in [-0.05, 0) is 43.5 Å². The molecule has 0 radical (unpaired) electrons. The van der Waals surface area contributed by atoms with E-state index in [1.54, 1.807) is 7.05 Å². The molecule has 1 N–H and O–H groups in total. The van der Waals surface area contributed by atoms with Crippen LogP contribution in [-0.2, 0) is 22.6 Å². The van der Waals surface area contributed by atoms with Crippen LogP contribution in [0.1, 0.15) is 30.9 Å². The Morgan fingerprint density at radius 3 is 2.12 bits per heavy atom. The van der Waals surface area contributed by atoms with Gasteiger partial charge < -0.3 is 10.2 Å². The van der Waals surface area contributed by atoms with Gasteiger partial charge >= 0.3 is 0 Å². The molecule has 4 rings (SSSR count). The number of hydrogen-bond acceptors (Lipinski definition) is 4. The van der Waals surface area contributed by atoms with Crippen molar-refractivity contribution in [2.24, 2.45) is 5.41 Å². The Balaban J connectivity index is 1.36. The van der Waals surface area contributed by atoms with Crippen LogP contribution in [0.15, 0.2) is 60.7 Å². The second kappa shape index (κ2) is 11.2. The smallest absolute Gasteiger partial charge is 0.243 e. The average Bonchev–Trinajstić information content (AvgIpc) is 2.89. The highest BCUT2D eigenvalue weighted by Gasteiger charge is 2.44. The van der Waals surface area contributed by atoms with Crippen LogP contribution >= 0.6 is 0 Å². The van der Waals surface area contributed by atoms with Crippen LogP contribution in [0.25, 0.3) is 0 Å². The summed E-state index contributed by atoms with van der Waals surface area (Å²) in [6.45, 7) is 7.72. The maximum absolute atomic E-state index is 13.8. The molecule has 2 aromatic rings. The van der Waals surface area contributed by atoms with Gasteiger partial charge in [0.05, 0.1) is 0 Å². The zero-order chi connectivity index (χ0) is 24.0. The van der Waals surface area contributed by atoms with Crippen molar-refractivity contribution in [3.05, 3.63) is 71.8 Å². The van der Waals surface area contributed by atoms with E-state index in [2.05, 4.69) is 70.6 Å². The Kier molecular flexibility index (Phi) is 8.01. The van der Waals surface area contributed by atoms with E-state index in [4.69, 9.17) is 0 Å². The third-order valence-corrected chi connectivity index (χ3v) is 7.56. The number of rotatable bonds is 7. The van der Waals surface area contributed by atoms with Crippen LogP contribution < -0.4 is 5.32 Å². The Morgan fingerprint density at radius 1 is 0.882 bits per heavy atom. The lowest BCUT2D eigenvalue weighted by molar-refractivity contribution is -0.153. The molecule has 34 heavy (non-hydrogen) atoms. The van der Waals surface area contributed by atoms with Crippen LogP contribution in [0.5, 0.6) is 0 Å². The predicted octanol–water partition coefficient (Wildman–Crippen LogP) is 2.79. The van der Waals surface area contributed by atoms with Gasteiger partial charge in [-0.1, -0.05) is 67.6 Å². The molecule has 2 heterocycles. The first-order valence-electron chi connectivity index (χ1n) is 12.5. The normalized spacial score (nSPS) is 21.2. The summed E-state index contributed by atoms with van der Waals surface area (Å²) in [5.41, 5.74) is 2.20. The third kappa shape index (κ3) is 5.86. The van der Waals surface area contributed by atoms with Gasteiger partial charge in [0.2, 0.25) is 11.8 Å². The molecule has 2 saturated heterocycles. The molecule has 2 fully saturated rings. The maximum atomic E-state index is 13.8. The van der Waals surface area contributed by atoms with Crippen molar-refractivity contribution in [2.45, 2.75) is 38.8 Å².